The van der Waals surface area contributed by atoms with Crippen LogP contribution in [-0.2, 0) is 4.74 Å². The van der Waals surface area contributed by atoms with E-state index < -0.39 is 11.9 Å². The lowest BCUT2D eigenvalue weighted by Gasteiger charge is -2.01. The second-order valence-electron chi connectivity index (χ2n) is 3.84. The second kappa shape index (κ2) is 5.39. The minimum absolute atomic E-state index is 0.00173. The molecule has 0 atom stereocenters. The number of rotatable bonds is 4. The molecule has 0 fully saturated rings. The molecule has 0 unspecified atom stereocenters. The molecule has 0 aliphatic rings. The number of hydrogen-bond acceptors (Lipinski definition) is 6. The van der Waals surface area contributed by atoms with Crippen LogP contribution in [0.4, 0.5) is 5.69 Å². The van der Waals surface area contributed by atoms with Gasteiger partial charge in [0.1, 0.15) is 5.69 Å². The Labute approximate surface area is 114 Å². The molecule has 2 rings (SSSR count). The number of primary amides is 1. The maximum absolute atomic E-state index is 11.6. The first kappa shape index (κ1) is 13.5. The Morgan fingerprint density at radius 3 is 2.80 bits per heavy atom. The van der Waals surface area contributed by atoms with Crippen molar-refractivity contribution in [2.75, 3.05) is 12.3 Å². The molecule has 20 heavy (non-hydrogen) atoms. The third kappa shape index (κ3) is 2.58. The van der Waals surface area contributed by atoms with Crippen LogP contribution < -0.4 is 11.5 Å². The Morgan fingerprint density at radius 2 is 2.15 bits per heavy atom. The molecular formula is C12H13N5O3. The van der Waals surface area contributed by atoms with E-state index in [1.165, 1.54) is 16.9 Å². The van der Waals surface area contributed by atoms with E-state index in [0.29, 0.717) is 5.82 Å². The topological polar surface area (TPSA) is 126 Å². The molecular weight excluding hydrogens is 262 g/mol. The highest BCUT2D eigenvalue weighted by Gasteiger charge is 2.17. The molecule has 0 aromatic carbocycles. The van der Waals surface area contributed by atoms with Crippen molar-refractivity contribution in [3.05, 3.63) is 35.8 Å². The van der Waals surface area contributed by atoms with Crippen molar-refractivity contribution in [2.45, 2.75) is 6.92 Å². The standard InChI is InChI=1S/C12H13N5O3/c1-2-20-12(19)10-7(13)6-17(16-10)9-5-3-4-8(15-9)11(14)18/h3-6H,2,13H2,1H3,(H2,14,18). The normalized spacial score (nSPS) is 10.2. The summed E-state index contributed by atoms with van der Waals surface area (Å²) in [6, 6.07) is 4.68. The minimum atomic E-state index is -0.655. The van der Waals surface area contributed by atoms with E-state index in [4.69, 9.17) is 16.2 Å². The summed E-state index contributed by atoms with van der Waals surface area (Å²) >= 11 is 0. The Balaban J connectivity index is 2.39. The second-order valence-corrected chi connectivity index (χ2v) is 3.84. The zero-order chi connectivity index (χ0) is 14.7. The lowest BCUT2D eigenvalue weighted by molar-refractivity contribution is 0.0520. The fourth-order valence-corrected chi connectivity index (χ4v) is 1.55. The third-order valence-corrected chi connectivity index (χ3v) is 2.43. The first-order chi connectivity index (χ1) is 9.52. The SMILES string of the molecule is CCOC(=O)c1nn(-c2cccc(C(N)=O)n2)cc1N. The fourth-order valence-electron chi connectivity index (χ4n) is 1.55. The van der Waals surface area contributed by atoms with E-state index in [0.717, 1.165) is 0 Å². The van der Waals surface area contributed by atoms with Gasteiger partial charge in [-0.25, -0.2) is 14.5 Å². The van der Waals surface area contributed by atoms with Crippen molar-refractivity contribution in [2.24, 2.45) is 5.73 Å². The number of carbonyl (C=O) groups is 2. The highest BCUT2D eigenvalue weighted by Crippen LogP contribution is 2.14. The molecule has 0 radical (unpaired) electrons. The molecule has 0 aliphatic heterocycles. The van der Waals surface area contributed by atoms with Gasteiger partial charge in [0.25, 0.3) is 5.91 Å². The zero-order valence-electron chi connectivity index (χ0n) is 10.7. The molecule has 1 amide bonds. The molecule has 8 heteroatoms. The predicted octanol–water partition coefficient (Wildman–Crippen LogP) is 0.125. The number of nitrogens with zero attached hydrogens (tertiary/aromatic N) is 3. The van der Waals surface area contributed by atoms with Crippen molar-refractivity contribution in [1.29, 1.82) is 0 Å². The van der Waals surface area contributed by atoms with E-state index in [1.807, 2.05) is 0 Å². The predicted molar refractivity (Wildman–Crippen MR) is 70.2 cm³/mol. The Kier molecular flexibility index (Phi) is 3.65. The number of aromatic nitrogens is 3. The maximum atomic E-state index is 11.6. The highest BCUT2D eigenvalue weighted by molar-refractivity contribution is 5.93. The molecule has 0 aliphatic carbocycles. The van der Waals surface area contributed by atoms with Gasteiger partial charge >= 0.3 is 5.97 Å². The number of anilines is 1. The van der Waals surface area contributed by atoms with Crippen LogP contribution in [0.2, 0.25) is 0 Å². The number of ether oxygens (including phenoxy) is 1. The highest BCUT2D eigenvalue weighted by atomic mass is 16.5. The molecule has 0 bridgehead atoms. The lowest BCUT2D eigenvalue weighted by atomic mass is 10.3. The smallest absolute Gasteiger partial charge is 0.361 e. The largest absolute Gasteiger partial charge is 0.461 e. The van der Waals surface area contributed by atoms with Crippen LogP contribution in [0.15, 0.2) is 24.4 Å². The van der Waals surface area contributed by atoms with Crippen LogP contribution >= 0.6 is 0 Å². The van der Waals surface area contributed by atoms with Crippen LogP contribution in [0.25, 0.3) is 5.82 Å². The number of nitrogens with two attached hydrogens (primary N) is 2. The maximum Gasteiger partial charge on any atom is 0.361 e. The van der Waals surface area contributed by atoms with Gasteiger partial charge in [-0.05, 0) is 19.1 Å². The summed E-state index contributed by atoms with van der Waals surface area (Å²) in [7, 11) is 0. The summed E-state index contributed by atoms with van der Waals surface area (Å²) in [4.78, 5) is 26.7. The third-order valence-electron chi connectivity index (χ3n) is 2.43. The van der Waals surface area contributed by atoms with Gasteiger partial charge in [0.15, 0.2) is 11.5 Å². The molecule has 0 spiro atoms. The van der Waals surface area contributed by atoms with Crippen molar-refractivity contribution >= 4 is 17.6 Å². The van der Waals surface area contributed by atoms with Crippen molar-refractivity contribution in [3.63, 3.8) is 0 Å². The number of esters is 1. The zero-order valence-corrected chi connectivity index (χ0v) is 10.7. The molecule has 104 valence electrons. The molecule has 4 N–H and O–H groups in total. The fraction of sp³-hybridized carbons (Fsp3) is 0.167. The molecule has 8 nitrogen and oxygen atoms in total. The average molecular weight is 275 g/mol. The monoisotopic (exact) mass is 275 g/mol. The minimum Gasteiger partial charge on any atom is -0.461 e. The van der Waals surface area contributed by atoms with Gasteiger partial charge in [0.2, 0.25) is 0 Å². The Morgan fingerprint density at radius 1 is 1.40 bits per heavy atom. The van der Waals surface area contributed by atoms with E-state index in [-0.39, 0.29) is 23.7 Å². The molecule has 2 aromatic rings. The Hall–Kier alpha value is -2.90. The number of nitrogen functional groups attached to an aromatic ring is 1. The van der Waals surface area contributed by atoms with E-state index >= 15 is 0 Å². The van der Waals surface area contributed by atoms with E-state index in [9.17, 15) is 9.59 Å². The summed E-state index contributed by atoms with van der Waals surface area (Å²) < 4.78 is 6.12. The van der Waals surface area contributed by atoms with Crippen molar-refractivity contribution in [1.82, 2.24) is 14.8 Å². The quantitative estimate of drug-likeness (QED) is 0.763. The Bertz CT molecular complexity index is 665. The van der Waals surface area contributed by atoms with Gasteiger partial charge in [-0.3, -0.25) is 4.79 Å². The molecule has 2 heterocycles. The van der Waals surface area contributed by atoms with Gasteiger partial charge in [0.05, 0.1) is 18.5 Å². The summed E-state index contributed by atoms with van der Waals surface area (Å²) in [5, 5.41) is 4.00. The summed E-state index contributed by atoms with van der Waals surface area (Å²) in [5.74, 6) is -0.948. The van der Waals surface area contributed by atoms with E-state index in [1.54, 1.807) is 19.1 Å². The lowest BCUT2D eigenvalue weighted by Crippen LogP contribution is -2.14. The molecule has 2 aromatic heterocycles. The number of carbonyl (C=O) groups excluding carboxylic acids is 2. The molecule has 0 saturated heterocycles. The van der Waals surface area contributed by atoms with Crippen LogP contribution in [0.1, 0.15) is 27.9 Å². The van der Waals surface area contributed by atoms with Gasteiger partial charge in [-0.1, -0.05) is 6.07 Å². The van der Waals surface area contributed by atoms with Crippen LogP contribution in [0, 0.1) is 0 Å². The van der Waals surface area contributed by atoms with Crippen LogP contribution in [0.5, 0.6) is 0 Å². The first-order valence-corrected chi connectivity index (χ1v) is 5.82. The van der Waals surface area contributed by atoms with Crippen molar-refractivity contribution < 1.29 is 14.3 Å². The number of pyridine rings is 1. The van der Waals surface area contributed by atoms with Crippen LogP contribution in [0.3, 0.4) is 0 Å². The van der Waals surface area contributed by atoms with Crippen molar-refractivity contribution in [3.8, 4) is 5.82 Å². The molecule has 0 saturated carbocycles. The van der Waals surface area contributed by atoms with Gasteiger partial charge in [-0.2, -0.15) is 5.10 Å². The average Bonchev–Trinajstić information content (AvgIpc) is 2.81. The summed E-state index contributed by atoms with van der Waals surface area (Å²) in [6.45, 7) is 1.91. The van der Waals surface area contributed by atoms with Gasteiger partial charge < -0.3 is 16.2 Å². The number of amides is 1. The van der Waals surface area contributed by atoms with Gasteiger partial charge in [0, 0.05) is 0 Å². The summed E-state index contributed by atoms with van der Waals surface area (Å²) in [5.41, 5.74) is 11.1. The van der Waals surface area contributed by atoms with Crippen LogP contribution in [-0.4, -0.2) is 33.2 Å². The van der Waals surface area contributed by atoms with E-state index in [2.05, 4.69) is 10.1 Å². The summed E-state index contributed by atoms with van der Waals surface area (Å²) in [6.07, 6.45) is 1.42. The van der Waals surface area contributed by atoms with Gasteiger partial charge in [-0.15, -0.1) is 0 Å². The number of hydrogen-bond donors (Lipinski definition) is 2. The first-order valence-electron chi connectivity index (χ1n) is 5.82.